The zero-order valence-corrected chi connectivity index (χ0v) is 8.52. The molecule has 76 valence electrons. The SMILES string of the molecule is CN1C2(CCNCC2)CNS1(=O)=O. The minimum absolute atomic E-state index is 0.163. The lowest BCUT2D eigenvalue weighted by molar-refractivity contribution is 0.188. The van der Waals surface area contributed by atoms with Gasteiger partial charge in [0.2, 0.25) is 0 Å². The zero-order valence-electron chi connectivity index (χ0n) is 7.71. The van der Waals surface area contributed by atoms with Crippen LogP contribution in [0, 0.1) is 0 Å². The molecule has 2 N–H and O–H groups in total. The standard InChI is InChI=1S/C7H15N3O2S/c1-10-7(2-4-8-5-3-7)6-9-13(10,11)12/h8-9H,2-6H2,1H3. The van der Waals surface area contributed by atoms with Crippen LogP contribution in [-0.4, -0.2) is 44.9 Å². The highest BCUT2D eigenvalue weighted by Gasteiger charge is 2.47. The van der Waals surface area contributed by atoms with Crippen molar-refractivity contribution in [3.63, 3.8) is 0 Å². The van der Waals surface area contributed by atoms with E-state index in [0.29, 0.717) is 6.54 Å². The highest BCUT2D eigenvalue weighted by molar-refractivity contribution is 7.87. The summed E-state index contributed by atoms with van der Waals surface area (Å²) >= 11 is 0. The summed E-state index contributed by atoms with van der Waals surface area (Å²) in [6.07, 6.45) is 1.80. The van der Waals surface area contributed by atoms with Crippen molar-refractivity contribution in [2.24, 2.45) is 0 Å². The van der Waals surface area contributed by atoms with Gasteiger partial charge in [0, 0.05) is 13.6 Å². The van der Waals surface area contributed by atoms with Gasteiger partial charge in [-0.05, 0) is 25.9 Å². The van der Waals surface area contributed by atoms with Crippen LogP contribution in [0.5, 0.6) is 0 Å². The summed E-state index contributed by atoms with van der Waals surface area (Å²) in [5, 5.41) is 3.23. The van der Waals surface area contributed by atoms with Gasteiger partial charge in [0.25, 0.3) is 10.2 Å². The highest BCUT2D eigenvalue weighted by Crippen LogP contribution is 2.30. The number of nitrogens with zero attached hydrogens (tertiary/aromatic N) is 1. The van der Waals surface area contributed by atoms with E-state index < -0.39 is 10.2 Å². The maximum absolute atomic E-state index is 11.4. The van der Waals surface area contributed by atoms with Gasteiger partial charge in [-0.2, -0.15) is 12.7 Å². The van der Waals surface area contributed by atoms with Gasteiger partial charge < -0.3 is 5.32 Å². The maximum Gasteiger partial charge on any atom is 0.279 e. The Bertz CT molecular complexity index is 295. The van der Waals surface area contributed by atoms with Gasteiger partial charge >= 0.3 is 0 Å². The third kappa shape index (κ3) is 1.38. The fourth-order valence-corrected chi connectivity index (χ4v) is 3.47. The predicted octanol–water partition coefficient (Wildman–Crippen LogP) is -1.11. The molecule has 2 aliphatic rings. The second-order valence-electron chi connectivity index (χ2n) is 3.77. The van der Waals surface area contributed by atoms with Gasteiger partial charge in [-0.25, -0.2) is 4.72 Å². The Hall–Kier alpha value is -0.170. The normalized spacial score (nSPS) is 32.4. The molecule has 2 saturated heterocycles. The van der Waals surface area contributed by atoms with E-state index in [2.05, 4.69) is 10.0 Å². The minimum Gasteiger partial charge on any atom is -0.317 e. The first-order valence-corrected chi connectivity index (χ1v) is 5.95. The smallest absolute Gasteiger partial charge is 0.279 e. The molecule has 2 aliphatic heterocycles. The van der Waals surface area contributed by atoms with Gasteiger partial charge in [0.05, 0.1) is 5.54 Å². The van der Waals surface area contributed by atoms with Crippen LogP contribution < -0.4 is 10.0 Å². The molecular formula is C7H15N3O2S. The summed E-state index contributed by atoms with van der Waals surface area (Å²) in [5.74, 6) is 0. The summed E-state index contributed by atoms with van der Waals surface area (Å²) in [6.45, 7) is 2.37. The Balaban J connectivity index is 2.25. The zero-order chi connectivity index (χ0) is 9.53. The van der Waals surface area contributed by atoms with Crippen molar-refractivity contribution in [2.75, 3.05) is 26.7 Å². The number of rotatable bonds is 0. The van der Waals surface area contributed by atoms with Crippen molar-refractivity contribution < 1.29 is 8.42 Å². The van der Waals surface area contributed by atoms with E-state index in [4.69, 9.17) is 0 Å². The van der Waals surface area contributed by atoms with Crippen molar-refractivity contribution >= 4 is 10.2 Å². The largest absolute Gasteiger partial charge is 0.317 e. The van der Waals surface area contributed by atoms with Crippen LogP contribution in [0.4, 0.5) is 0 Å². The van der Waals surface area contributed by atoms with Gasteiger partial charge in [-0.1, -0.05) is 0 Å². The van der Waals surface area contributed by atoms with Crippen LogP contribution in [0.2, 0.25) is 0 Å². The van der Waals surface area contributed by atoms with E-state index in [-0.39, 0.29) is 5.54 Å². The molecule has 0 aliphatic carbocycles. The lowest BCUT2D eigenvalue weighted by Gasteiger charge is -2.36. The molecular weight excluding hydrogens is 190 g/mol. The van der Waals surface area contributed by atoms with Crippen LogP contribution in [0.3, 0.4) is 0 Å². The topological polar surface area (TPSA) is 61.4 Å². The molecule has 13 heavy (non-hydrogen) atoms. The Labute approximate surface area is 78.7 Å². The summed E-state index contributed by atoms with van der Waals surface area (Å²) in [5.41, 5.74) is -0.163. The fourth-order valence-electron chi connectivity index (χ4n) is 2.07. The van der Waals surface area contributed by atoms with Crippen molar-refractivity contribution in [2.45, 2.75) is 18.4 Å². The Kier molecular flexibility index (Phi) is 2.10. The molecule has 0 aromatic rings. The van der Waals surface area contributed by atoms with E-state index in [1.54, 1.807) is 7.05 Å². The van der Waals surface area contributed by atoms with E-state index in [1.165, 1.54) is 4.31 Å². The molecule has 0 bridgehead atoms. The molecule has 2 fully saturated rings. The van der Waals surface area contributed by atoms with E-state index in [1.807, 2.05) is 0 Å². The summed E-state index contributed by atoms with van der Waals surface area (Å²) in [6, 6.07) is 0. The van der Waals surface area contributed by atoms with E-state index in [9.17, 15) is 8.42 Å². The number of nitrogens with one attached hydrogen (secondary N) is 2. The van der Waals surface area contributed by atoms with Crippen molar-refractivity contribution in [1.29, 1.82) is 0 Å². The minimum atomic E-state index is -3.18. The number of hydrogen-bond donors (Lipinski definition) is 2. The second-order valence-corrected chi connectivity index (χ2v) is 5.55. The first-order chi connectivity index (χ1) is 6.07. The summed E-state index contributed by atoms with van der Waals surface area (Å²) in [4.78, 5) is 0. The summed E-state index contributed by atoms with van der Waals surface area (Å²) < 4.78 is 26.9. The Morgan fingerprint density at radius 1 is 1.31 bits per heavy atom. The van der Waals surface area contributed by atoms with Crippen molar-refractivity contribution in [3.05, 3.63) is 0 Å². The number of hydrogen-bond acceptors (Lipinski definition) is 3. The van der Waals surface area contributed by atoms with Crippen LogP contribution >= 0.6 is 0 Å². The van der Waals surface area contributed by atoms with E-state index >= 15 is 0 Å². The first-order valence-electron chi connectivity index (χ1n) is 4.51. The molecule has 5 nitrogen and oxygen atoms in total. The molecule has 0 unspecified atom stereocenters. The Morgan fingerprint density at radius 3 is 2.38 bits per heavy atom. The molecule has 0 atom stereocenters. The molecule has 2 rings (SSSR count). The van der Waals surface area contributed by atoms with Gasteiger partial charge in [0.1, 0.15) is 0 Å². The molecule has 0 saturated carbocycles. The second kappa shape index (κ2) is 2.91. The molecule has 6 heteroatoms. The van der Waals surface area contributed by atoms with Crippen LogP contribution in [0.1, 0.15) is 12.8 Å². The number of likely N-dealkylation sites (N-methyl/N-ethyl adjacent to an activating group) is 1. The maximum atomic E-state index is 11.4. The lowest BCUT2D eigenvalue weighted by Crippen LogP contribution is -2.51. The molecule has 0 amide bonds. The van der Waals surface area contributed by atoms with Gasteiger partial charge in [0.15, 0.2) is 0 Å². The third-order valence-corrected chi connectivity index (χ3v) is 4.76. The predicted molar refractivity (Wildman–Crippen MR) is 49.5 cm³/mol. The quantitative estimate of drug-likeness (QED) is 0.527. The molecule has 0 aromatic heterocycles. The summed E-state index contributed by atoms with van der Waals surface area (Å²) in [7, 11) is -1.51. The molecule has 1 spiro atoms. The molecule has 0 radical (unpaired) electrons. The number of piperidine rings is 1. The van der Waals surface area contributed by atoms with Gasteiger partial charge in [-0.15, -0.1) is 0 Å². The fraction of sp³-hybridized carbons (Fsp3) is 1.00. The third-order valence-electron chi connectivity index (χ3n) is 3.15. The lowest BCUT2D eigenvalue weighted by atomic mass is 9.89. The monoisotopic (exact) mass is 205 g/mol. The average Bonchev–Trinajstić information content (AvgIpc) is 2.33. The van der Waals surface area contributed by atoms with Gasteiger partial charge in [-0.3, -0.25) is 0 Å². The van der Waals surface area contributed by atoms with Crippen molar-refractivity contribution in [1.82, 2.24) is 14.3 Å². The first kappa shape index (κ1) is 9.39. The van der Waals surface area contributed by atoms with Crippen LogP contribution in [-0.2, 0) is 10.2 Å². The molecule has 0 aromatic carbocycles. The Morgan fingerprint density at radius 2 is 1.92 bits per heavy atom. The van der Waals surface area contributed by atoms with E-state index in [0.717, 1.165) is 25.9 Å². The average molecular weight is 205 g/mol. The van der Waals surface area contributed by atoms with Crippen LogP contribution in [0.15, 0.2) is 0 Å². The molecule has 2 heterocycles. The highest BCUT2D eigenvalue weighted by atomic mass is 32.2. The van der Waals surface area contributed by atoms with Crippen LogP contribution in [0.25, 0.3) is 0 Å². The van der Waals surface area contributed by atoms with Crippen molar-refractivity contribution in [3.8, 4) is 0 Å².